The average molecular weight is 484 g/mol. The summed E-state index contributed by atoms with van der Waals surface area (Å²) in [6.07, 6.45) is 3.64. The Bertz CT molecular complexity index is 1180. The second-order valence-corrected chi connectivity index (χ2v) is 10.2. The molecule has 3 aromatic carbocycles. The van der Waals surface area contributed by atoms with Gasteiger partial charge in [0.25, 0.3) is 10.0 Å². The summed E-state index contributed by atoms with van der Waals surface area (Å²) in [6, 6.07) is 22.1. The van der Waals surface area contributed by atoms with E-state index in [4.69, 9.17) is 11.6 Å². The number of nitrogens with one attached hydrogen (secondary N) is 1. The predicted octanol–water partition coefficient (Wildman–Crippen LogP) is 5.16. The van der Waals surface area contributed by atoms with Gasteiger partial charge in [-0.05, 0) is 79.9 Å². The van der Waals surface area contributed by atoms with E-state index in [1.165, 1.54) is 31.4 Å². The van der Waals surface area contributed by atoms with Crippen LogP contribution in [0.4, 0.5) is 17.1 Å². The Balaban J connectivity index is 1.52. The minimum absolute atomic E-state index is 0.110. The second kappa shape index (κ2) is 10.3. The highest BCUT2D eigenvalue weighted by Gasteiger charge is 2.27. The topological polar surface area (TPSA) is 69.7 Å². The van der Waals surface area contributed by atoms with Gasteiger partial charge in [0.1, 0.15) is 6.54 Å². The van der Waals surface area contributed by atoms with E-state index in [0.29, 0.717) is 16.4 Å². The molecule has 8 heteroatoms. The summed E-state index contributed by atoms with van der Waals surface area (Å²) >= 11 is 5.98. The Hall–Kier alpha value is -3.03. The molecule has 0 atom stereocenters. The summed E-state index contributed by atoms with van der Waals surface area (Å²) in [6.45, 7) is 1.71. The number of hydrogen-bond acceptors (Lipinski definition) is 4. The van der Waals surface area contributed by atoms with Gasteiger partial charge in [0.05, 0.1) is 10.6 Å². The molecule has 0 saturated carbocycles. The molecule has 0 unspecified atom stereocenters. The molecule has 1 aliphatic heterocycles. The molecule has 0 bridgehead atoms. The molecule has 3 aromatic rings. The van der Waals surface area contributed by atoms with Gasteiger partial charge in [-0.2, -0.15) is 0 Å². The van der Waals surface area contributed by atoms with Crippen LogP contribution in [0.5, 0.6) is 0 Å². The molecule has 4 rings (SSSR count). The van der Waals surface area contributed by atoms with E-state index in [1.54, 1.807) is 42.5 Å². The van der Waals surface area contributed by atoms with E-state index in [0.717, 1.165) is 23.1 Å². The molecule has 0 aliphatic carbocycles. The smallest absolute Gasteiger partial charge is 0.264 e. The van der Waals surface area contributed by atoms with Gasteiger partial charge in [0.2, 0.25) is 5.91 Å². The fourth-order valence-electron chi connectivity index (χ4n) is 3.88. The Kier molecular flexibility index (Phi) is 7.20. The number of benzene rings is 3. The molecule has 6 nitrogen and oxygen atoms in total. The first-order valence-corrected chi connectivity index (χ1v) is 12.7. The monoisotopic (exact) mass is 483 g/mol. The van der Waals surface area contributed by atoms with Gasteiger partial charge in [0, 0.05) is 29.5 Å². The number of sulfonamides is 1. The highest BCUT2D eigenvalue weighted by molar-refractivity contribution is 7.92. The fourth-order valence-corrected chi connectivity index (χ4v) is 5.45. The molecule has 1 N–H and O–H groups in total. The van der Waals surface area contributed by atoms with E-state index < -0.39 is 15.9 Å². The Morgan fingerprint density at radius 3 is 2.15 bits per heavy atom. The van der Waals surface area contributed by atoms with Gasteiger partial charge in [-0.3, -0.25) is 9.10 Å². The van der Waals surface area contributed by atoms with Crippen molar-refractivity contribution in [1.82, 2.24) is 0 Å². The van der Waals surface area contributed by atoms with Crippen LogP contribution in [0.25, 0.3) is 0 Å². The SMILES string of the molecule is O=C(CN(c1ccc(Cl)cc1)S(=O)(=O)c1ccccc1)Nc1ccc(N2CCCCC2)cc1. The van der Waals surface area contributed by atoms with Gasteiger partial charge >= 0.3 is 0 Å². The summed E-state index contributed by atoms with van der Waals surface area (Å²) in [5.74, 6) is -0.435. The Labute approximate surface area is 199 Å². The van der Waals surface area contributed by atoms with E-state index in [1.807, 2.05) is 24.3 Å². The fraction of sp³-hybridized carbons (Fsp3) is 0.240. The third kappa shape index (κ3) is 5.67. The van der Waals surface area contributed by atoms with Crippen molar-refractivity contribution in [3.63, 3.8) is 0 Å². The molecule has 1 saturated heterocycles. The van der Waals surface area contributed by atoms with Gasteiger partial charge in [-0.15, -0.1) is 0 Å². The summed E-state index contributed by atoms with van der Waals surface area (Å²) in [4.78, 5) is 15.3. The van der Waals surface area contributed by atoms with Crippen molar-refractivity contribution < 1.29 is 13.2 Å². The molecule has 1 fully saturated rings. The van der Waals surface area contributed by atoms with Gasteiger partial charge < -0.3 is 10.2 Å². The minimum Gasteiger partial charge on any atom is -0.372 e. The van der Waals surface area contributed by atoms with E-state index in [-0.39, 0.29) is 11.4 Å². The largest absolute Gasteiger partial charge is 0.372 e. The zero-order chi connectivity index (χ0) is 23.3. The van der Waals surface area contributed by atoms with Crippen LogP contribution in [-0.4, -0.2) is 34.0 Å². The van der Waals surface area contributed by atoms with Crippen LogP contribution < -0.4 is 14.5 Å². The van der Waals surface area contributed by atoms with Crippen molar-refractivity contribution in [2.45, 2.75) is 24.2 Å². The highest BCUT2D eigenvalue weighted by Crippen LogP contribution is 2.26. The maximum Gasteiger partial charge on any atom is 0.264 e. The zero-order valence-electron chi connectivity index (χ0n) is 18.2. The number of amides is 1. The maximum absolute atomic E-state index is 13.3. The standard InChI is InChI=1S/C25H26ClN3O3S/c26-20-9-13-23(14-10-20)29(33(31,32)24-7-3-1-4-8-24)19-25(30)27-21-11-15-22(16-12-21)28-17-5-2-6-18-28/h1,3-4,7-16H,2,5-6,17-19H2,(H,27,30). The van der Waals surface area contributed by atoms with E-state index in [2.05, 4.69) is 10.2 Å². The molecule has 1 amide bonds. The molecular weight excluding hydrogens is 458 g/mol. The number of halogens is 1. The molecule has 0 aromatic heterocycles. The molecule has 1 heterocycles. The van der Waals surface area contributed by atoms with Gasteiger partial charge in [-0.25, -0.2) is 8.42 Å². The third-order valence-electron chi connectivity index (χ3n) is 5.61. The Morgan fingerprint density at radius 2 is 1.52 bits per heavy atom. The van der Waals surface area contributed by atoms with Crippen molar-refractivity contribution in [3.8, 4) is 0 Å². The van der Waals surface area contributed by atoms with Crippen LogP contribution in [-0.2, 0) is 14.8 Å². The third-order valence-corrected chi connectivity index (χ3v) is 7.65. The average Bonchev–Trinajstić information content (AvgIpc) is 2.85. The van der Waals surface area contributed by atoms with Crippen molar-refractivity contribution >= 4 is 44.6 Å². The molecule has 1 aliphatic rings. The van der Waals surface area contributed by atoms with Crippen LogP contribution in [0.1, 0.15) is 19.3 Å². The number of hydrogen-bond donors (Lipinski definition) is 1. The van der Waals surface area contributed by atoms with Crippen LogP contribution in [0.2, 0.25) is 5.02 Å². The molecule has 0 radical (unpaired) electrons. The second-order valence-electron chi connectivity index (χ2n) is 7.94. The number of piperidine rings is 1. The van der Waals surface area contributed by atoms with Crippen molar-refractivity contribution in [3.05, 3.63) is 83.9 Å². The van der Waals surface area contributed by atoms with Gasteiger partial charge in [0.15, 0.2) is 0 Å². The minimum atomic E-state index is -3.95. The van der Waals surface area contributed by atoms with Gasteiger partial charge in [-0.1, -0.05) is 29.8 Å². The molecular formula is C25H26ClN3O3S. The summed E-state index contributed by atoms with van der Waals surface area (Å²) in [5.41, 5.74) is 2.11. The van der Waals surface area contributed by atoms with E-state index >= 15 is 0 Å². The lowest BCUT2D eigenvalue weighted by Crippen LogP contribution is -2.38. The summed E-state index contributed by atoms with van der Waals surface area (Å²) in [5, 5.41) is 3.30. The number of rotatable bonds is 7. The molecule has 0 spiro atoms. The number of anilines is 3. The summed E-state index contributed by atoms with van der Waals surface area (Å²) in [7, 11) is -3.95. The quantitative estimate of drug-likeness (QED) is 0.503. The number of carbonyl (C=O) groups is 1. The van der Waals surface area contributed by atoms with Crippen molar-refractivity contribution in [2.75, 3.05) is 34.2 Å². The van der Waals surface area contributed by atoms with Crippen LogP contribution in [0.15, 0.2) is 83.8 Å². The first-order chi connectivity index (χ1) is 15.9. The molecule has 33 heavy (non-hydrogen) atoms. The van der Waals surface area contributed by atoms with Crippen molar-refractivity contribution in [2.24, 2.45) is 0 Å². The first-order valence-electron chi connectivity index (χ1n) is 10.9. The Morgan fingerprint density at radius 1 is 0.879 bits per heavy atom. The first kappa shape index (κ1) is 23.1. The van der Waals surface area contributed by atoms with Crippen LogP contribution in [0, 0.1) is 0 Å². The molecule has 172 valence electrons. The number of carbonyl (C=O) groups excluding carboxylic acids is 1. The predicted molar refractivity (Wildman–Crippen MR) is 134 cm³/mol. The van der Waals surface area contributed by atoms with Crippen LogP contribution in [0.3, 0.4) is 0 Å². The lowest BCUT2D eigenvalue weighted by atomic mass is 10.1. The summed E-state index contributed by atoms with van der Waals surface area (Å²) < 4.78 is 27.8. The highest BCUT2D eigenvalue weighted by atomic mass is 35.5. The number of nitrogens with zero attached hydrogens (tertiary/aromatic N) is 2. The zero-order valence-corrected chi connectivity index (χ0v) is 19.7. The maximum atomic E-state index is 13.3. The normalized spacial score (nSPS) is 14.0. The van der Waals surface area contributed by atoms with Crippen molar-refractivity contribution in [1.29, 1.82) is 0 Å². The lowest BCUT2D eigenvalue weighted by molar-refractivity contribution is -0.114. The van der Waals surface area contributed by atoms with Crippen LogP contribution >= 0.6 is 11.6 Å². The lowest BCUT2D eigenvalue weighted by Gasteiger charge is -2.29. The van der Waals surface area contributed by atoms with E-state index in [9.17, 15) is 13.2 Å².